The van der Waals surface area contributed by atoms with Gasteiger partial charge in [0.25, 0.3) is 5.91 Å². The van der Waals surface area contributed by atoms with Crippen molar-refractivity contribution >= 4 is 5.91 Å². The smallest absolute Gasteiger partial charge is 0.252 e. The number of amides is 1. The zero-order chi connectivity index (χ0) is 18.6. The van der Waals surface area contributed by atoms with Gasteiger partial charge in [-0.1, -0.05) is 43.4 Å². The van der Waals surface area contributed by atoms with Crippen LogP contribution >= 0.6 is 0 Å². The number of para-hydroxylation sites is 1. The van der Waals surface area contributed by atoms with Crippen molar-refractivity contribution in [1.29, 1.82) is 0 Å². The van der Waals surface area contributed by atoms with Gasteiger partial charge >= 0.3 is 0 Å². The van der Waals surface area contributed by atoms with E-state index in [-0.39, 0.29) is 12.5 Å². The highest BCUT2D eigenvalue weighted by atomic mass is 16.5. The molecule has 0 aromatic heterocycles. The Morgan fingerprint density at radius 1 is 1.04 bits per heavy atom. The number of aryl methyl sites for hydroxylation is 1. The monoisotopic (exact) mass is 351 g/mol. The topological polar surface area (TPSA) is 47.6 Å². The van der Waals surface area contributed by atoms with Crippen molar-refractivity contribution in [2.45, 2.75) is 26.7 Å². The molecular weight excluding hydrogens is 326 g/mol. The summed E-state index contributed by atoms with van der Waals surface area (Å²) in [7, 11) is 0. The van der Waals surface area contributed by atoms with Gasteiger partial charge in [-0.3, -0.25) is 4.79 Å². The summed E-state index contributed by atoms with van der Waals surface area (Å²) >= 11 is 0. The van der Waals surface area contributed by atoms with E-state index >= 15 is 0 Å². The molecule has 0 radical (unpaired) electrons. The molecule has 4 nitrogen and oxygen atoms in total. The summed E-state index contributed by atoms with van der Waals surface area (Å²) in [5.74, 6) is 7.24. The van der Waals surface area contributed by atoms with Crippen molar-refractivity contribution in [2.24, 2.45) is 0 Å². The number of benzene rings is 2. The van der Waals surface area contributed by atoms with Crippen molar-refractivity contribution in [1.82, 2.24) is 5.32 Å². The normalized spacial score (nSPS) is 9.77. The minimum atomic E-state index is -0.153. The zero-order valence-electron chi connectivity index (χ0n) is 15.4. The molecule has 1 amide bonds. The van der Waals surface area contributed by atoms with Gasteiger partial charge in [0.15, 0.2) is 0 Å². The highest BCUT2D eigenvalue weighted by Gasteiger charge is 2.04. The Balaban J connectivity index is 1.71. The molecule has 136 valence electrons. The molecule has 0 saturated heterocycles. The van der Waals surface area contributed by atoms with Crippen molar-refractivity contribution in [3.63, 3.8) is 0 Å². The summed E-state index contributed by atoms with van der Waals surface area (Å²) in [6.07, 6.45) is 2.12. The molecule has 2 aromatic rings. The van der Waals surface area contributed by atoms with Gasteiger partial charge < -0.3 is 14.8 Å². The summed E-state index contributed by atoms with van der Waals surface area (Å²) < 4.78 is 11.2. The second kappa shape index (κ2) is 10.8. The Hall–Kier alpha value is -2.93. The van der Waals surface area contributed by atoms with E-state index in [1.807, 2.05) is 43.3 Å². The standard InChI is InChI=1S/C22H25NO3/c1-3-4-16-25-20-13-11-19(12-14-20)22(24)23-15-7-8-17-26-21-10-6-5-9-18(21)2/h5-6,9-14H,3-4,15-17H2,1-2H3,(H,23,24). The lowest BCUT2D eigenvalue weighted by Crippen LogP contribution is -2.23. The van der Waals surface area contributed by atoms with Crippen LogP contribution in [0.2, 0.25) is 0 Å². The van der Waals surface area contributed by atoms with E-state index in [1.54, 1.807) is 12.1 Å². The Labute approximate surface area is 155 Å². The van der Waals surface area contributed by atoms with Gasteiger partial charge in [0.05, 0.1) is 13.2 Å². The van der Waals surface area contributed by atoms with Gasteiger partial charge in [-0.2, -0.15) is 0 Å². The van der Waals surface area contributed by atoms with Gasteiger partial charge in [0, 0.05) is 5.56 Å². The van der Waals surface area contributed by atoms with Gasteiger partial charge in [-0.05, 0) is 49.2 Å². The van der Waals surface area contributed by atoms with Crippen LogP contribution in [-0.2, 0) is 0 Å². The van der Waals surface area contributed by atoms with Crippen molar-refractivity contribution in [3.05, 3.63) is 59.7 Å². The summed E-state index contributed by atoms with van der Waals surface area (Å²) in [5, 5.41) is 2.77. The molecular formula is C22H25NO3. The number of ether oxygens (including phenoxy) is 2. The maximum absolute atomic E-state index is 12.1. The SMILES string of the molecule is CCCCOc1ccc(C(=O)NCC#CCOc2ccccc2C)cc1. The van der Waals surface area contributed by atoms with Crippen LogP contribution in [0.3, 0.4) is 0 Å². The summed E-state index contributed by atoms with van der Waals surface area (Å²) in [4.78, 5) is 12.1. The number of carbonyl (C=O) groups excluding carboxylic acids is 1. The Kier molecular flexibility index (Phi) is 8.08. The van der Waals surface area contributed by atoms with Crippen LogP contribution in [0.1, 0.15) is 35.7 Å². The van der Waals surface area contributed by atoms with Gasteiger partial charge in [-0.25, -0.2) is 0 Å². The van der Waals surface area contributed by atoms with Crippen LogP contribution in [0.5, 0.6) is 11.5 Å². The third kappa shape index (κ3) is 6.52. The fourth-order valence-electron chi connectivity index (χ4n) is 2.21. The molecule has 2 rings (SSSR count). The number of nitrogens with one attached hydrogen (secondary N) is 1. The zero-order valence-corrected chi connectivity index (χ0v) is 15.4. The molecule has 0 aliphatic carbocycles. The van der Waals surface area contributed by atoms with E-state index < -0.39 is 0 Å². The first-order valence-corrected chi connectivity index (χ1v) is 8.86. The number of carbonyl (C=O) groups is 1. The largest absolute Gasteiger partial charge is 0.494 e. The van der Waals surface area contributed by atoms with Crippen LogP contribution in [0, 0.1) is 18.8 Å². The molecule has 0 fully saturated rings. The molecule has 0 spiro atoms. The number of unbranched alkanes of at least 4 members (excludes halogenated alkanes) is 1. The van der Waals surface area contributed by atoms with Gasteiger partial charge in [0.1, 0.15) is 18.1 Å². The molecule has 0 aliphatic heterocycles. The second-order valence-electron chi connectivity index (χ2n) is 5.82. The Bertz CT molecular complexity index is 757. The average Bonchev–Trinajstić information content (AvgIpc) is 2.66. The van der Waals surface area contributed by atoms with Crippen LogP contribution in [0.4, 0.5) is 0 Å². The van der Waals surface area contributed by atoms with Crippen LogP contribution < -0.4 is 14.8 Å². The van der Waals surface area contributed by atoms with Crippen molar-refractivity contribution in [2.75, 3.05) is 19.8 Å². The predicted molar refractivity (Wildman–Crippen MR) is 104 cm³/mol. The predicted octanol–water partition coefficient (Wildman–Crippen LogP) is 3.99. The van der Waals surface area contributed by atoms with E-state index in [0.29, 0.717) is 18.8 Å². The molecule has 4 heteroatoms. The average molecular weight is 351 g/mol. The summed E-state index contributed by atoms with van der Waals surface area (Å²) in [6.45, 7) is 5.38. The molecule has 0 atom stereocenters. The number of hydrogen-bond acceptors (Lipinski definition) is 3. The first-order valence-electron chi connectivity index (χ1n) is 8.86. The minimum Gasteiger partial charge on any atom is -0.494 e. The molecule has 2 aromatic carbocycles. The third-order valence-corrected chi connectivity index (χ3v) is 3.74. The summed E-state index contributed by atoms with van der Waals surface area (Å²) in [6, 6.07) is 14.9. The lowest BCUT2D eigenvalue weighted by atomic mass is 10.2. The fraction of sp³-hybridized carbons (Fsp3) is 0.318. The van der Waals surface area contributed by atoms with E-state index in [1.165, 1.54) is 0 Å². The second-order valence-corrected chi connectivity index (χ2v) is 5.82. The van der Waals surface area contributed by atoms with Crippen molar-refractivity contribution < 1.29 is 14.3 Å². The molecule has 1 N–H and O–H groups in total. The van der Waals surface area contributed by atoms with Gasteiger partial charge in [-0.15, -0.1) is 0 Å². The number of rotatable bonds is 8. The van der Waals surface area contributed by atoms with E-state index in [0.717, 1.165) is 29.9 Å². The summed E-state index contributed by atoms with van der Waals surface area (Å²) in [5.41, 5.74) is 1.66. The first kappa shape index (κ1) is 19.4. The minimum absolute atomic E-state index is 0.153. The van der Waals surface area contributed by atoms with Gasteiger partial charge in [0.2, 0.25) is 0 Å². The quantitative estimate of drug-likeness (QED) is 0.578. The van der Waals surface area contributed by atoms with Crippen LogP contribution in [0.25, 0.3) is 0 Å². The van der Waals surface area contributed by atoms with Crippen LogP contribution in [-0.4, -0.2) is 25.7 Å². The highest BCUT2D eigenvalue weighted by molar-refractivity contribution is 5.94. The highest BCUT2D eigenvalue weighted by Crippen LogP contribution is 2.15. The first-order chi connectivity index (χ1) is 12.7. The van der Waals surface area contributed by atoms with E-state index in [2.05, 4.69) is 24.1 Å². The molecule has 0 saturated carbocycles. The lowest BCUT2D eigenvalue weighted by Gasteiger charge is -2.06. The Morgan fingerprint density at radius 3 is 2.54 bits per heavy atom. The Morgan fingerprint density at radius 2 is 1.81 bits per heavy atom. The maximum Gasteiger partial charge on any atom is 0.252 e. The van der Waals surface area contributed by atoms with Crippen LogP contribution in [0.15, 0.2) is 48.5 Å². The lowest BCUT2D eigenvalue weighted by molar-refractivity contribution is 0.0958. The molecule has 0 bridgehead atoms. The molecule has 26 heavy (non-hydrogen) atoms. The fourth-order valence-corrected chi connectivity index (χ4v) is 2.21. The molecule has 0 aliphatic rings. The molecule has 0 heterocycles. The van der Waals surface area contributed by atoms with E-state index in [9.17, 15) is 4.79 Å². The van der Waals surface area contributed by atoms with E-state index in [4.69, 9.17) is 9.47 Å². The number of hydrogen-bond donors (Lipinski definition) is 1. The molecule has 0 unspecified atom stereocenters. The van der Waals surface area contributed by atoms with Crippen molar-refractivity contribution in [3.8, 4) is 23.3 Å². The third-order valence-electron chi connectivity index (χ3n) is 3.74. The maximum atomic E-state index is 12.1.